The molecule has 0 atom stereocenters. The molecular weight excluding hydrogens is 252 g/mol. The fourth-order valence-electron chi connectivity index (χ4n) is 2.26. The molecule has 0 unspecified atom stereocenters. The number of rotatable bonds is 4. The van der Waals surface area contributed by atoms with Crippen molar-refractivity contribution in [1.29, 1.82) is 0 Å². The molecule has 3 aromatic heterocycles. The first-order chi connectivity index (χ1) is 9.76. The summed E-state index contributed by atoms with van der Waals surface area (Å²) in [6, 6.07) is 2.13. The summed E-state index contributed by atoms with van der Waals surface area (Å²) in [7, 11) is 1.86. The Morgan fingerprint density at radius 1 is 1.25 bits per heavy atom. The summed E-state index contributed by atoms with van der Waals surface area (Å²) in [5.41, 5.74) is 3.03. The van der Waals surface area contributed by atoms with Crippen molar-refractivity contribution in [2.24, 2.45) is 0 Å². The highest BCUT2D eigenvalue weighted by Crippen LogP contribution is 2.18. The van der Waals surface area contributed by atoms with Crippen LogP contribution in [-0.2, 0) is 12.8 Å². The van der Waals surface area contributed by atoms with Crippen molar-refractivity contribution in [3.8, 4) is 5.82 Å². The van der Waals surface area contributed by atoms with Gasteiger partial charge in [0.1, 0.15) is 5.82 Å². The minimum absolute atomic E-state index is 0.762. The van der Waals surface area contributed by atoms with Crippen molar-refractivity contribution in [2.75, 3.05) is 12.4 Å². The normalized spacial score (nSPS) is 11.2. The lowest BCUT2D eigenvalue weighted by molar-refractivity contribution is 0.771. The smallest absolute Gasteiger partial charge is 0.199 e. The van der Waals surface area contributed by atoms with E-state index in [1.165, 1.54) is 0 Å². The lowest BCUT2D eigenvalue weighted by Gasteiger charge is -2.09. The highest BCUT2D eigenvalue weighted by Gasteiger charge is 2.14. The highest BCUT2D eigenvalue weighted by atomic mass is 15.3. The van der Waals surface area contributed by atoms with Crippen molar-refractivity contribution in [1.82, 2.24) is 24.1 Å². The number of nitrogens with zero attached hydrogens (tertiary/aromatic N) is 5. The number of aromatic nitrogens is 5. The van der Waals surface area contributed by atoms with Crippen LogP contribution in [0.5, 0.6) is 0 Å². The summed E-state index contributed by atoms with van der Waals surface area (Å²) in [5, 5.41) is 7.72. The Morgan fingerprint density at radius 2 is 2.10 bits per heavy atom. The van der Waals surface area contributed by atoms with Gasteiger partial charge in [-0.25, -0.2) is 14.6 Å². The molecule has 0 aliphatic rings. The number of hydrogen-bond donors (Lipinski definition) is 1. The van der Waals surface area contributed by atoms with Crippen molar-refractivity contribution < 1.29 is 0 Å². The van der Waals surface area contributed by atoms with E-state index >= 15 is 0 Å². The van der Waals surface area contributed by atoms with Gasteiger partial charge in [-0.15, -0.1) is 0 Å². The van der Waals surface area contributed by atoms with Gasteiger partial charge in [-0.3, -0.25) is 0 Å². The summed E-state index contributed by atoms with van der Waals surface area (Å²) in [6.45, 7) is 4.23. The molecule has 0 aliphatic heterocycles. The number of fused-ring (bicyclic) bond motifs is 1. The van der Waals surface area contributed by atoms with E-state index in [0.717, 1.165) is 41.5 Å². The first-order valence-corrected chi connectivity index (χ1v) is 6.86. The molecule has 20 heavy (non-hydrogen) atoms. The van der Waals surface area contributed by atoms with Gasteiger partial charge < -0.3 is 9.72 Å². The SMILES string of the molecule is CCc1cc(CC)n(-c2nc(NC)cn3ccnc23)n1. The molecule has 3 aromatic rings. The monoisotopic (exact) mass is 270 g/mol. The van der Waals surface area contributed by atoms with Gasteiger partial charge in [0, 0.05) is 25.1 Å². The molecule has 0 spiro atoms. The molecule has 0 fully saturated rings. The third-order valence-corrected chi connectivity index (χ3v) is 3.37. The second-order valence-corrected chi connectivity index (χ2v) is 4.60. The predicted octanol–water partition coefficient (Wildman–Crippen LogP) is 2.08. The van der Waals surface area contributed by atoms with Crippen LogP contribution in [-0.4, -0.2) is 31.2 Å². The Balaban J connectivity index is 2.27. The lowest BCUT2D eigenvalue weighted by atomic mass is 10.2. The molecule has 6 heteroatoms. The maximum absolute atomic E-state index is 4.65. The molecule has 0 amide bonds. The van der Waals surface area contributed by atoms with E-state index in [9.17, 15) is 0 Å². The number of imidazole rings is 1. The van der Waals surface area contributed by atoms with Crippen LogP contribution >= 0.6 is 0 Å². The van der Waals surface area contributed by atoms with Crippen molar-refractivity contribution in [3.63, 3.8) is 0 Å². The van der Waals surface area contributed by atoms with Gasteiger partial charge >= 0.3 is 0 Å². The largest absolute Gasteiger partial charge is 0.372 e. The Bertz CT molecular complexity index is 739. The second-order valence-electron chi connectivity index (χ2n) is 4.60. The number of aryl methyl sites for hydroxylation is 2. The van der Waals surface area contributed by atoms with Gasteiger partial charge in [0.05, 0.1) is 11.9 Å². The third-order valence-electron chi connectivity index (χ3n) is 3.37. The van der Waals surface area contributed by atoms with Crippen LogP contribution in [0.25, 0.3) is 11.5 Å². The molecule has 6 nitrogen and oxygen atoms in total. The van der Waals surface area contributed by atoms with E-state index in [0.29, 0.717) is 0 Å². The maximum Gasteiger partial charge on any atom is 0.199 e. The lowest BCUT2D eigenvalue weighted by Crippen LogP contribution is -2.09. The van der Waals surface area contributed by atoms with Crippen LogP contribution in [0.15, 0.2) is 24.7 Å². The molecule has 0 aliphatic carbocycles. The van der Waals surface area contributed by atoms with Crippen LogP contribution in [0.4, 0.5) is 5.82 Å². The first kappa shape index (κ1) is 12.7. The highest BCUT2D eigenvalue weighted by molar-refractivity contribution is 5.58. The molecule has 3 rings (SSSR count). The van der Waals surface area contributed by atoms with E-state index in [1.54, 1.807) is 6.20 Å². The van der Waals surface area contributed by atoms with E-state index in [1.807, 2.05) is 28.5 Å². The molecule has 0 saturated heterocycles. The Morgan fingerprint density at radius 3 is 2.80 bits per heavy atom. The van der Waals surface area contributed by atoms with E-state index in [2.05, 4.69) is 40.3 Å². The van der Waals surface area contributed by atoms with Crippen molar-refractivity contribution in [3.05, 3.63) is 36.0 Å². The van der Waals surface area contributed by atoms with Gasteiger partial charge in [0.2, 0.25) is 0 Å². The molecule has 0 saturated carbocycles. The predicted molar refractivity (Wildman–Crippen MR) is 78.4 cm³/mol. The van der Waals surface area contributed by atoms with Gasteiger partial charge in [-0.1, -0.05) is 13.8 Å². The Kier molecular flexibility index (Phi) is 3.14. The van der Waals surface area contributed by atoms with Crippen LogP contribution < -0.4 is 5.32 Å². The van der Waals surface area contributed by atoms with E-state index in [4.69, 9.17) is 0 Å². The molecule has 0 radical (unpaired) electrons. The average molecular weight is 270 g/mol. The van der Waals surface area contributed by atoms with Gasteiger partial charge in [-0.2, -0.15) is 5.10 Å². The molecule has 0 bridgehead atoms. The second kappa shape index (κ2) is 4.96. The van der Waals surface area contributed by atoms with Gasteiger partial charge in [-0.05, 0) is 18.9 Å². The van der Waals surface area contributed by atoms with Crippen molar-refractivity contribution >= 4 is 11.5 Å². The summed E-state index contributed by atoms with van der Waals surface area (Å²) >= 11 is 0. The average Bonchev–Trinajstić information content (AvgIpc) is 3.11. The minimum Gasteiger partial charge on any atom is -0.372 e. The fraction of sp³-hybridized carbons (Fsp3) is 0.357. The molecular formula is C14H18N6. The standard InChI is InChI=1S/C14H18N6/c1-4-10-8-11(5-2)20(18-10)14-13-16-6-7-19(13)9-12(15-3)17-14/h6-9,15H,4-5H2,1-3H3. The first-order valence-electron chi connectivity index (χ1n) is 6.86. The van der Waals surface area contributed by atoms with Crippen LogP contribution in [0, 0.1) is 0 Å². The zero-order chi connectivity index (χ0) is 14.1. The molecule has 0 aromatic carbocycles. The summed E-state index contributed by atoms with van der Waals surface area (Å²) in [6.07, 6.45) is 7.43. The summed E-state index contributed by atoms with van der Waals surface area (Å²) in [4.78, 5) is 9.02. The fourth-order valence-corrected chi connectivity index (χ4v) is 2.26. The summed E-state index contributed by atoms with van der Waals surface area (Å²) in [5.74, 6) is 1.56. The molecule has 3 heterocycles. The van der Waals surface area contributed by atoms with Crippen molar-refractivity contribution in [2.45, 2.75) is 26.7 Å². The zero-order valence-electron chi connectivity index (χ0n) is 12.0. The van der Waals surface area contributed by atoms with Crippen LogP contribution in [0.3, 0.4) is 0 Å². The Labute approximate surface area is 117 Å². The third kappa shape index (κ3) is 1.93. The quantitative estimate of drug-likeness (QED) is 0.788. The van der Waals surface area contributed by atoms with E-state index in [-0.39, 0.29) is 0 Å². The minimum atomic E-state index is 0.762. The molecule has 1 N–H and O–H groups in total. The summed E-state index contributed by atoms with van der Waals surface area (Å²) < 4.78 is 3.86. The van der Waals surface area contributed by atoms with Gasteiger partial charge in [0.15, 0.2) is 11.5 Å². The number of anilines is 1. The Hall–Kier alpha value is -2.37. The molecule has 104 valence electrons. The number of hydrogen-bond acceptors (Lipinski definition) is 4. The van der Waals surface area contributed by atoms with Crippen LogP contribution in [0.1, 0.15) is 25.2 Å². The van der Waals surface area contributed by atoms with Crippen LogP contribution in [0.2, 0.25) is 0 Å². The van der Waals surface area contributed by atoms with E-state index < -0.39 is 0 Å². The topological polar surface area (TPSA) is 60.0 Å². The zero-order valence-corrected chi connectivity index (χ0v) is 12.0. The number of nitrogens with one attached hydrogen (secondary N) is 1. The van der Waals surface area contributed by atoms with Gasteiger partial charge in [0.25, 0.3) is 0 Å². The maximum atomic E-state index is 4.65.